The number of nitrogens with zero attached hydrogens (tertiary/aromatic N) is 1. The molecule has 1 aromatic carbocycles. The fourth-order valence-corrected chi connectivity index (χ4v) is 2.22. The lowest BCUT2D eigenvalue weighted by Gasteiger charge is -2.07. The quantitative estimate of drug-likeness (QED) is 0.884. The summed E-state index contributed by atoms with van der Waals surface area (Å²) in [6.07, 6.45) is 1.21. The van der Waals surface area contributed by atoms with Crippen LogP contribution in [0.3, 0.4) is 0 Å². The van der Waals surface area contributed by atoms with Gasteiger partial charge in [-0.2, -0.15) is 0 Å². The predicted molar refractivity (Wildman–Crippen MR) is 78.3 cm³/mol. The summed E-state index contributed by atoms with van der Waals surface area (Å²) in [6, 6.07) is 7.63. The van der Waals surface area contributed by atoms with Gasteiger partial charge in [0.1, 0.15) is 5.69 Å². The summed E-state index contributed by atoms with van der Waals surface area (Å²) >= 11 is 9.10. The van der Waals surface area contributed by atoms with Gasteiger partial charge in [0, 0.05) is 15.7 Å². The molecule has 0 spiro atoms. The van der Waals surface area contributed by atoms with E-state index >= 15 is 0 Å². The van der Waals surface area contributed by atoms with Crippen LogP contribution in [0, 0.1) is 0 Å². The zero-order valence-electron chi connectivity index (χ0n) is 9.93. The van der Waals surface area contributed by atoms with Gasteiger partial charge in [-0.05, 0) is 46.3 Å². The molecule has 1 aromatic heterocycles. The first kappa shape index (κ1) is 14.5. The van der Waals surface area contributed by atoms with Gasteiger partial charge < -0.3 is 10.4 Å². The molecule has 5 nitrogen and oxygen atoms in total. The molecular formula is C13H8BrClN2O3. The van der Waals surface area contributed by atoms with E-state index in [1.165, 1.54) is 18.3 Å². The standard InChI is InChI=1S/C13H8BrClN2O3/c14-9-5-8(15)2-4-10(9)17-12(18)7-1-3-11(13(19)20)16-6-7/h1-6H,(H,17,18)(H,19,20). The van der Waals surface area contributed by atoms with Crippen LogP contribution >= 0.6 is 27.5 Å². The number of hydrogen-bond acceptors (Lipinski definition) is 3. The van der Waals surface area contributed by atoms with E-state index in [-0.39, 0.29) is 11.3 Å². The highest BCUT2D eigenvalue weighted by Crippen LogP contribution is 2.26. The molecule has 0 fully saturated rings. The third kappa shape index (κ3) is 3.34. The lowest BCUT2D eigenvalue weighted by molar-refractivity contribution is 0.0690. The second kappa shape index (κ2) is 6.02. The van der Waals surface area contributed by atoms with Crippen LogP contribution in [-0.2, 0) is 0 Å². The van der Waals surface area contributed by atoms with Crippen molar-refractivity contribution < 1.29 is 14.7 Å². The number of carboxylic acid groups (broad SMARTS) is 1. The molecule has 0 saturated carbocycles. The molecule has 2 N–H and O–H groups in total. The Hall–Kier alpha value is -1.92. The monoisotopic (exact) mass is 354 g/mol. The third-order valence-corrected chi connectivity index (χ3v) is 3.32. The molecule has 0 saturated heterocycles. The number of hydrogen-bond donors (Lipinski definition) is 2. The van der Waals surface area contributed by atoms with Crippen LogP contribution < -0.4 is 5.32 Å². The number of anilines is 1. The molecule has 2 rings (SSSR count). The van der Waals surface area contributed by atoms with E-state index in [2.05, 4.69) is 26.2 Å². The highest BCUT2D eigenvalue weighted by Gasteiger charge is 2.11. The molecule has 20 heavy (non-hydrogen) atoms. The minimum Gasteiger partial charge on any atom is -0.477 e. The predicted octanol–water partition coefficient (Wildman–Crippen LogP) is 3.45. The van der Waals surface area contributed by atoms with E-state index < -0.39 is 11.9 Å². The van der Waals surface area contributed by atoms with Gasteiger partial charge in [0.05, 0.1) is 11.3 Å². The Balaban J connectivity index is 2.17. The van der Waals surface area contributed by atoms with Crippen molar-refractivity contribution in [2.24, 2.45) is 0 Å². The van der Waals surface area contributed by atoms with Crippen LogP contribution in [0.1, 0.15) is 20.8 Å². The first-order valence-electron chi connectivity index (χ1n) is 5.43. The van der Waals surface area contributed by atoms with Crippen molar-refractivity contribution in [1.82, 2.24) is 4.98 Å². The number of benzene rings is 1. The van der Waals surface area contributed by atoms with Crippen LogP contribution in [-0.4, -0.2) is 22.0 Å². The van der Waals surface area contributed by atoms with Crippen molar-refractivity contribution in [2.75, 3.05) is 5.32 Å². The van der Waals surface area contributed by atoms with Crippen LogP contribution in [0.5, 0.6) is 0 Å². The number of amides is 1. The molecular weight excluding hydrogens is 348 g/mol. The van der Waals surface area contributed by atoms with Crippen molar-refractivity contribution in [3.63, 3.8) is 0 Å². The molecule has 1 amide bonds. The molecule has 0 atom stereocenters. The lowest BCUT2D eigenvalue weighted by Crippen LogP contribution is -2.13. The fourth-order valence-electron chi connectivity index (χ4n) is 1.44. The van der Waals surface area contributed by atoms with Gasteiger partial charge in [-0.1, -0.05) is 11.6 Å². The summed E-state index contributed by atoms with van der Waals surface area (Å²) in [4.78, 5) is 26.3. The highest BCUT2D eigenvalue weighted by atomic mass is 79.9. The van der Waals surface area contributed by atoms with E-state index in [1.807, 2.05) is 0 Å². The largest absolute Gasteiger partial charge is 0.477 e. The van der Waals surface area contributed by atoms with Crippen LogP contribution in [0.2, 0.25) is 5.02 Å². The molecule has 2 aromatic rings. The molecule has 102 valence electrons. The zero-order valence-corrected chi connectivity index (χ0v) is 12.3. The maximum Gasteiger partial charge on any atom is 0.354 e. The number of carboxylic acids is 1. The van der Waals surface area contributed by atoms with E-state index in [0.29, 0.717) is 15.2 Å². The SMILES string of the molecule is O=C(Nc1ccc(Cl)cc1Br)c1ccc(C(=O)O)nc1. The van der Waals surface area contributed by atoms with Crippen molar-refractivity contribution >= 4 is 45.1 Å². The van der Waals surface area contributed by atoms with Crippen LogP contribution in [0.15, 0.2) is 41.0 Å². The van der Waals surface area contributed by atoms with E-state index in [1.54, 1.807) is 18.2 Å². The molecule has 0 unspecified atom stereocenters. The molecule has 0 radical (unpaired) electrons. The molecule has 7 heteroatoms. The number of rotatable bonds is 3. The summed E-state index contributed by atoms with van der Waals surface area (Å²) in [5.74, 6) is -1.53. The normalized spacial score (nSPS) is 10.1. The Morgan fingerprint density at radius 2 is 2.00 bits per heavy atom. The van der Waals surface area contributed by atoms with E-state index in [9.17, 15) is 9.59 Å². The summed E-state index contributed by atoms with van der Waals surface area (Å²) in [6.45, 7) is 0. The number of pyridine rings is 1. The Morgan fingerprint density at radius 1 is 1.25 bits per heavy atom. The number of carbonyl (C=O) groups excluding carboxylic acids is 1. The van der Waals surface area contributed by atoms with Crippen molar-refractivity contribution in [1.29, 1.82) is 0 Å². The smallest absolute Gasteiger partial charge is 0.354 e. The van der Waals surface area contributed by atoms with E-state index in [0.717, 1.165) is 0 Å². The van der Waals surface area contributed by atoms with Gasteiger partial charge in [-0.3, -0.25) is 4.79 Å². The first-order valence-corrected chi connectivity index (χ1v) is 6.60. The second-order valence-corrected chi connectivity index (χ2v) is 5.11. The fraction of sp³-hybridized carbons (Fsp3) is 0. The number of carbonyl (C=O) groups is 2. The zero-order chi connectivity index (χ0) is 14.7. The highest BCUT2D eigenvalue weighted by molar-refractivity contribution is 9.10. The Morgan fingerprint density at radius 3 is 2.55 bits per heavy atom. The van der Waals surface area contributed by atoms with Crippen LogP contribution in [0.4, 0.5) is 5.69 Å². The maximum atomic E-state index is 12.0. The van der Waals surface area contributed by atoms with Crippen LogP contribution in [0.25, 0.3) is 0 Å². The van der Waals surface area contributed by atoms with Crippen molar-refractivity contribution in [3.8, 4) is 0 Å². The molecule has 0 aliphatic heterocycles. The van der Waals surface area contributed by atoms with Gasteiger partial charge in [0.15, 0.2) is 0 Å². The molecule has 0 bridgehead atoms. The van der Waals surface area contributed by atoms with Crippen molar-refractivity contribution in [2.45, 2.75) is 0 Å². The number of aromatic carboxylic acids is 1. The van der Waals surface area contributed by atoms with Gasteiger partial charge in [0.25, 0.3) is 5.91 Å². The first-order chi connectivity index (χ1) is 9.47. The summed E-state index contributed by atoms with van der Waals surface area (Å²) < 4.78 is 0.647. The summed E-state index contributed by atoms with van der Waals surface area (Å²) in [5.41, 5.74) is 0.702. The van der Waals surface area contributed by atoms with Gasteiger partial charge in [-0.25, -0.2) is 9.78 Å². The summed E-state index contributed by atoms with van der Waals surface area (Å²) in [5, 5.41) is 11.9. The van der Waals surface area contributed by atoms with E-state index in [4.69, 9.17) is 16.7 Å². The number of halogens is 2. The minimum absolute atomic E-state index is 0.116. The van der Waals surface area contributed by atoms with Gasteiger partial charge in [-0.15, -0.1) is 0 Å². The molecule has 1 heterocycles. The lowest BCUT2D eigenvalue weighted by atomic mass is 10.2. The molecule has 0 aliphatic carbocycles. The van der Waals surface area contributed by atoms with Gasteiger partial charge >= 0.3 is 5.97 Å². The average molecular weight is 356 g/mol. The number of aromatic nitrogens is 1. The average Bonchev–Trinajstić information content (AvgIpc) is 2.42. The Bertz CT molecular complexity index is 674. The Labute approximate surface area is 127 Å². The maximum absolute atomic E-state index is 12.0. The molecule has 0 aliphatic rings. The number of nitrogens with one attached hydrogen (secondary N) is 1. The summed E-state index contributed by atoms with van der Waals surface area (Å²) in [7, 11) is 0. The second-order valence-electron chi connectivity index (χ2n) is 3.82. The van der Waals surface area contributed by atoms with Crippen molar-refractivity contribution in [3.05, 3.63) is 57.3 Å². The topological polar surface area (TPSA) is 79.3 Å². The third-order valence-electron chi connectivity index (χ3n) is 2.42. The van der Waals surface area contributed by atoms with Gasteiger partial charge in [0.2, 0.25) is 0 Å². The minimum atomic E-state index is -1.14. The Kier molecular flexibility index (Phi) is 4.36.